The molecule has 1 fully saturated rings. The fraction of sp³-hybridized carbons (Fsp3) is 0.364. The minimum atomic E-state index is -3.22. The maximum Gasteiger partial charge on any atom is 0.335 e. The molecule has 1 heterocycles. The van der Waals surface area contributed by atoms with E-state index in [1.165, 1.54) is 12.1 Å². The Morgan fingerprint density at radius 2 is 2.06 bits per heavy atom. The fourth-order valence-electron chi connectivity index (χ4n) is 1.92. The summed E-state index contributed by atoms with van der Waals surface area (Å²) >= 11 is 0. The molecule has 2 rings (SSSR count). The van der Waals surface area contributed by atoms with Gasteiger partial charge in [-0.15, -0.1) is 0 Å². The standard InChI is InChI=1S/C11H13NO5S/c13-10-6-18(16,17)5-9(10)12-8-3-1-2-7(4-8)11(14)15/h1-4,9-10,12-13H,5-6H2,(H,14,15)/t9-,10+/m1/s1. The number of anilines is 1. The molecule has 7 heteroatoms. The van der Waals surface area contributed by atoms with Crippen molar-refractivity contribution in [1.82, 2.24) is 0 Å². The van der Waals surface area contributed by atoms with Gasteiger partial charge in [-0.1, -0.05) is 6.07 Å². The summed E-state index contributed by atoms with van der Waals surface area (Å²) in [6, 6.07) is 5.43. The Morgan fingerprint density at radius 3 is 2.61 bits per heavy atom. The molecule has 0 amide bonds. The second-order valence-corrected chi connectivity index (χ2v) is 6.43. The number of aromatic carboxylic acids is 1. The summed E-state index contributed by atoms with van der Waals surface area (Å²) in [6.07, 6.45) is -0.969. The second kappa shape index (κ2) is 4.58. The Balaban J connectivity index is 2.15. The number of nitrogens with one attached hydrogen (secondary N) is 1. The van der Waals surface area contributed by atoms with Crippen LogP contribution in [0.1, 0.15) is 10.4 Å². The molecule has 0 aromatic heterocycles. The number of aliphatic hydroxyl groups excluding tert-OH is 1. The zero-order valence-corrected chi connectivity index (χ0v) is 10.2. The van der Waals surface area contributed by atoms with Crippen molar-refractivity contribution < 1.29 is 23.4 Å². The highest BCUT2D eigenvalue weighted by Gasteiger charge is 2.36. The van der Waals surface area contributed by atoms with Crippen molar-refractivity contribution in [2.75, 3.05) is 16.8 Å². The first-order chi connectivity index (χ1) is 8.37. The van der Waals surface area contributed by atoms with Gasteiger partial charge in [-0.25, -0.2) is 13.2 Å². The number of rotatable bonds is 3. The molecule has 1 aromatic rings. The van der Waals surface area contributed by atoms with Gasteiger partial charge in [0.1, 0.15) is 0 Å². The van der Waals surface area contributed by atoms with Gasteiger partial charge in [0.25, 0.3) is 0 Å². The van der Waals surface area contributed by atoms with Crippen molar-refractivity contribution in [1.29, 1.82) is 0 Å². The molecule has 0 aliphatic carbocycles. The Labute approximate surface area is 104 Å². The van der Waals surface area contributed by atoms with Crippen molar-refractivity contribution in [3.05, 3.63) is 29.8 Å². The zero-order chi connectivity index (χ0) is 13.3. The molecule has 0 spiro atoms. The van der Waals surface area contributed by atoms with Crippen molar-refractivity contribution in [3.8, 4) is 0 Å². The van der Waals surface area contributed by atoms with Crippen LogP contribution in [0.25, 0.3) is 0 Å². The van der Waals surface area contributed by atoms with Crippen LogP contribution in [0, 0.1) is 0 Å². The largest absolute Gasteiger partial charge is 0.478 e. The molecule has 0 bridgehead atoms. The molecule has 0 saturated carbocycles. The van der Waals surface area contributed by atoms with E-state index in [9.17, 15) is 18.3 Å². The lowest BCUT2D eigenvalue weighted by Gasteiger charge is -2.16. The van der Waals surface area contributed by atoms with E-state index in [1.807, 2.05) is 0 Å². The van der Waals surface area contributed by atoms with E-state index in [2.05, 4.69) is 5.32 Å². The lowest BCUT2D eigenvalue weighted by molar-refractivity contribution is 0.0697. The van der Waals surface area contributed by atoms with Gasteiger partial charge in [0, 0.05) is 5.69 Å². The quantitative estimate of drug-likeness (QED) is 0.712. The molecule has 6 nitrogen and oxygen atoms in total. The number of carboxylic acids is 1. The Kier molecular flexibility index (Phi) is 3.27. The minimum Gasteiger partial charge on any atom is -0.478 e. The monoisotopic (exact) mass is 271 g/mol. The van der Waals surface area contributed by atoms with Gasteiger partial charge in [-0.05, 0) is 18.2 Å². The van der Waals surface area contributed by atoms with Crippen molar-refractivity contribution >= 4 is 21.5 Å². The SMILES string of the molecule is O=C(O)c1cccc(N[C@@H]2CS(=O)(=O)C[C@@H]2O)c1. The van der Waals surface area contributed by atoms with Crippen LogP contribution in [0.2, 0.25) is 0 Å². The molecule has 1 saturated heterocycles. The molecule has 98 valence electrons. The van der Waals surface area contributed by atoms with Crippen LogP contribution in [-0.4, -0.2) is 48.3 Å². The van der Waals surface area contributed by atoms with Gasteiger partial charge < -0.3 is 15.5 Å². The summed E-state index contributed by atoms with van der Waals surface area (Å²) in [5.41, 5.74) is 0.589. The van der Waals surface area contributed by atoms with Crippen LogP contribution in [0.15, 0.2) is 24.3 Å². The maximum absolute atomic E-state index is 11.3. The van der Waals surface area contributed by atoms with E-state index in [-0.39, 0.29) is 17.1 Å². The number of carbonyl (C=O) groups is 1. The zero-order valence-electron chi connectivity index (χ0n) is 9.41. The predicted molar refractivity (Wildman–Crippen MR) is 65.5 cm³/mol. The van der Waals surface area contributed by atoms with Crippen molar-refractivity contribution in [2.24, 2.45) is 0 Å². The van der Waals surface area contributed by atoms with Gasteiger partial charge in [0.05, 0.1) is 29.2 Å². The van der Waals surface area contributed by atoms with Crippen LogP contribution < -0.4 is 5.32 Å². The van der Waals surface area contributed by atoms with Gasteiger partial charge in [-0.2, -0.15) is 0 Å². The third-order valence-electron chi connectivity index (χ3n) is 2.78. The second-order valence-electron chi connectivity index (χ2n) is 4.28. The van der Waals surface area contributed by atoms with E-state index >= 15 is 0 Å². The number of carboxylic acid groups (broad SMARTS) is 1. The number of hydrogen-bond acceptors (Lipinski definition) is 5. The summed E-state index contributed by atoms with van der Waals surface area (Å²) in [5.74, 6) is -1.47. The Bertz CT molecular complexity index is 569. The lowest BCUT2D eigenvalue weighted by atomic mass is 10.1. The smallest absolute Gasteiger partial charge is 0.335 e. The van der Waals surface area contributed by atoms with Crippen LogP contribution in [-0.2, 0) is 9.84 Å². The lowest BCUT2D eigenvalue weighted by Crippen LogP contribution is -2.31. The van der Waals surface area contributed by atoms with Crippen LogP contribution in [0.3, 0.4) is 0 Å². The van der Waals surface area contributed by atoms with Gasteiger partial charge in [0.2, 0.25) is 0 Å². The van der Waals surface area contributed by atoms with E-state index < -0.39 is 28.0 Å². The molecule has 1 aliphatic heterocycles. The van der Waals surface area contributed by atoms with Crippen LogP contribution >= 0.6 is 0 Å². The molecule has 18 heavy (non-hydrogen) atoms. The summed E-state index contributed by atoms with van der Waals surface area (Å²) < 4.78 is 22.6. The number of benzene rings is 1. The summed E-state index contributed by atoms with van der Waals surface area (Å²) in [6.45, 7) is 0. The topological polar surface area (TPSA) is 104 Å². The van der Waals surface area contributed by atoms with E-state index in [0.29, 0.717) is 5.69 Å². The highest BCUT2D eigenvalue weighted by molar-refractivity contribution is 7.91. The Morgan fingerprint density at radius 1 is 1.33 bits per heavy atom. The molecule has 2 atom stereocenters. The summed E-state index contributed by atoms with van der Waals surface area (Å²) in [4.78, 5) is 10.8. The van der Waals surface area contributed by atoms with Gasteiger partial charge in [0.15, 0.2) is 9.84 Å². The fourth-order valence-corrected chi connectivity index (χ4v) is 3.66. The van der Waals surface area contributed by atoms with Gasteiger partial charge >= 0.3 is 5.97 Å². The van der Waals surface area contributed by atoms with Gasteiger partial charge in [-0.3, -0.25) is 0 Å². The number of aliphatic hydroxyl groups is 1. The maximum atomic E-state index is 11.3. The molecular weight excluding hydrogens is 258 g/mol. The average Bonchev–Trinajstić information content (AvgIpc) is 2.52. The van der Waals surface area contributed by atoms with Crippen molar-refractivity contribution in [3.63, 3.8) is 0 Å². The van der Waals surface area contributed by atoms with Crippen LogP contribution in [0.5, 0.6) is 0 Å². The first-order valence-corrected chi connectivity index (χ1v) is 7.18. The summed E-state index contributed by atoms with van der Waals surface area (Å²) in [7, 11) is -3.22. The molecule has 3 N–H and O–H groups in total. The average molecular weight is 271 g/mol. The van der Waals surface area contributed by atoms with E-state index in [4.69, 9.17) is 5.11 Å². The first-order valence-electron chi connectivity index (χ1n) is 5.36. The predicted octanol–water partition coefficient (Wildman–Crippen LogP) is -0.0454. The van der Waals surface area contributed by atoms with Crippen LogP contribution in [0.4, 0.5) is 5.69 Å². The molecule has 1 aromatic carbocycles. The Hall–Kier alpha value is -1.60. The summed E-state index contributed by atoms with van der Waals surface area (Å²) in [5, 5.41) is 21.3. The normalized spacial score (nSPS) is 25.8. The van der Waals surface area contributed by atoms with Crippen molar-refractivity contribution in [2.45, 2.75) is 12.1 Å². The number of hydrogen-bond donors (Lipinski definition) is 3. The first kappa shape index (κ1) is 12.8. The molecule has 0 radical (unpaired) electrons. The van der Waals surface area contributed by atoms with E-state index in [0.717, 1.165) is 0 Å². The highest BCUT2D eigenvalue weighted by atomic mass is 32.2. The minimum absolute atomic E-state index is 0.107. The van der Waals surface area contributed by atoms with E-state index in [1.54, 1.807) is 12.1 Å². The third-order valence-corrected chi connectivity index (χ3v) is 4.50. The highest BCUT2D eigenvalue weighted by Crippen LogP contribution is 2.19. The third kappa shape index (κ3) is 2.80. The molecule has 1 aliphatic rings. The molecular formula is C11H13NO5S. The number of sulfone groups is 1. The molecule has 0 unspecified atom stereocenters.